The molecule has 0 aromatic heterocycles. The molecule has 1 saturated heterocycles. The molecule has 1 heterocycles. The molecule has 1 amide bonds. The quantitative estimate of drug-likeness (QED) is 0.716. The highest BCUT2D eigenvalue weighted by atomic mass is 16.5. The molecule has 1 aliphatic rings. The zero-order valence-electron chi connectivity index (χ0n) is 16.8. The lowest BCUT2D eigenvalue weighted by Gasteiger charge is -2.46. The molecular formula is C23H28N2O3. The highest BCUT2D eigenvalue weighted by molar-refractivity contribution is 5.98. The fourth-order valence-corrected chi connectivity index (χ4v) is 3.95. The third kappa shape index (κ3) is 4.53. The minimum atomic E-state index is -0.0312. The highest BCUT2D eigenvalue weighted by Gasteiger charge is 2.31. The first-order valence-corrected chi connectivity index (χ1v) is 9.78. The third-order valence-electron chi connectivity index (χ3n) is 5.28. The van der Waals surface area contributed by atoms with Crippen molar-refractivity contribution in [3.63, 3.8) is 0 Å². The highest BCUT2D eigenvalue weighted by Crippen LogP contribution is 2.25. The average Bonchev–Trinajstić information content (AvgIpc) is 2.72. The van der Waals surface area contributed by atoms with Gasteiger partial charge in [-0.3, -0.25) is 9.59 Å². The number of rotatable bonds is 6. The molecule has 0 bridgehead atoms. The van der Waals surface area contributed by atoms with Gasteiger partial charge in [-0.1, -0.05) is 30.3 Å². The lowest BCUT2D eigenvalue weighted by Crippen LogP contribution is -2.58. The van der Waals surface area contributed by atoms with Crippen LogP contribution in [0.4, 0.5) is 5.69 Å². The molecule has 2 unspecified atom stereocenters. The van der Waals surface area contributed by atoms with Crippen LogP contribution in [-0.2, 0) is 4.79 Å². The zero-order valence-corrected chi connectivity index (χ0v) is 16.8. The van der Waals surface area contributed by atoms with Gasteiger partial charge in [0.15, 0.2) is 5.78 Å². The molecule has 0 aliphatic carbocycles. The van der Waals surface area contributed by atoms with Gasteiger partial charge in [-0.25, -0.2) is 0 Å². The first-order chi connectivity index (χ1) is 13.5. The summed E-state index contributed by atoms with van der Waals surface area (Å²) < 4.78 is 5.16. The van der Waals surface area contributed by atoms with Gasteiger partial charge in [-0.15, -0.1) is 0 Å². The largest absolute Gasteiger partial charge is 0.497 e. The maximum Gasteiger partial charge on any atom is 0.223 e. The van der Waals surface area contributed by atoms with Crippen LogP contribution >= 0.6 is 0 Å². The number of nitrogens with zero attached hydrogens (tertiary/aromatic N) is 2. The Labute approximate surface area is 166 Å². The number of methoxy groups -OCH3 is 1. The van der Waals surface area contributed by atoms with Crippen molar-refractivity contribution in [2.45, 2.75) is 38.8 Å². The fraction of sp³-hybridized carbons (Fsp3) is 0.391. The van der Waals surface area contributed by atoms with E-state index in [0.29, 0.717) is 24.4 Å². The molecule has 0 saturated carbocycles. The van der Waals surface area contributed by atoms with E-state index in [1.807, 2.05) is 23.1 Å². The summed E-state index contributed by atoms with van der Waals surface area (Å²) in [5, 5.41) is 0. The molecule has 2 atom stereocenters. The summed E-state index contributed by atoms with van der Waals surface area (Å²) in [4.78, 5) is 29.4. The van der Waals surface area contributed by atoms with Crippen LogP contribution in [0, 0.1) is 0 Å². The van der Waals surface area contributed by atoms with Gasteiger partial charge in [-0.2, -0.15) is 0 Å². The number of ketones is 1. The smallest absolute Gasteiger partial charge is 0.223 e. The summed E-state index contributed by atoms with van der Waals surface area (Å²) in [5.74, 6) is 0.663. The van der Waals surface area contributed by atoms with Crippen LogP contribution in [0.1, 0.15) is 37.0 Å². The molecule has 3 rings (SSSR count). The van der Waals surface area contributed by atoms with Crippen LogP contribution in [0.5, 0.6) is 5.75 Å². The molecule has 28 heavy (non-hydrogen) atoms. The first kappa shape index (κ1) is 19.9. The number of anilines is 1. The van der Waals surface area contributed by atoms with Crippen molar-refractivity contribution in [2.75, 3.05) is 25.1 Å². The van der Waals surface area contributed by atoms with E-state index in [-0.39, 0.29) is 36.6 Å². The second-order valence-electron chi connectivity index (χ2n) is 7.39. The lowest BCUT2D eigenvalue weighted by molar-refractivity contribution is -0.132. The van der Waals surface area contributed by atoms with E-state index < -0.39 is 0 Å². The van der Waals surface area contributed by atoms with Crippen LogP contribution in [0.15, 0.2) is 54.6 Å². The van der Waals surface area contributed by atoms with Crippen LogP contribution in [0.2, 0.25) is 0 Å². The van der Waals surface area contributed by atoms with Gasteiger partial charge in [0, 0.05) is 49.3 Å². The van der Waals surface area contributed by atoms with Crippen LogP contribution in [0.3, 0.4) is 0 Å². The van der Waals surface area contributed by atoms with Crippen LogP contribution < -0.4 is 9.64 Å². The maximum atomic E-state index is 12.7. The Balaban J connectivity index is 1.57. The van der Waals surface area contributed by atoms with E-state index in [0.717, 1.165) is 0 Å². The van der Waals surface area contributed by atoms with Crippen molar-refractivity contribution in [2.24, 2.45) is 0 Å². The molecule has 0 spiro atoms. The normalized spacial score (nSPS) is 19.4. The topological polar surface area (TPSA) is 49.9 Å². The van der Waals surface area contributed by atoms with E-state index in [2.05, 4.69) is 30.9 Å². The van der Waals surface area contributed by atoms with Crippen molar-refractivity contribution in [3.05, 3.63) is 60.2 Å². The molecule has 2 aromatic rings. The van der Waals surface area contributed by atoms with Crippen molar-refractivity contribution in [1.29, 1.82) is 0 Å². The van der Waals surface area contributed by atoms with Crippen molar-refractivity contribution in [3.8, 4) is 5.75 Å². The number of carbonyl (C=O) groups excluding carboxylic acids is 2. The Morgan fingerprint density at radius 3 is 2.29 bits per heavy atom. The summed E-state index contributed by atoms with van der Waals surface area (Å²) in [5.41, 5.74) is 1.77. The minimum absolute atomic E-state index is 0.0312. The lowest BCUT2D eigenvalue weighted by atomic mass is 10.0. The molecule has 5 nitrogen and oxygen atoms in total. The standard InChI is InChI=1S/C23H28N2O3/c1-17-15-24(16-18(2)25(17)20-9-5-4-6-10-20)23(27)13-12-22(26)19-8-7-11-21(14-19)28-3/h4-11,14,17-18H,12-13,15-16H2,1-3H3. The molecule has 0 radical (unpaired) electrons. The molecule has 1 fully saturated rings. The Hall–Kier alpha value is -2.82. The minimum Gasteiger partial charge on any atom is -0.497 e. The Morgan fingerprint density at radius 1 is 0.964 bits per heavy atom. The number of hydrogen-bond donors (Lipinski definition) is 0. The number of carbonyl (C=O) groups is 2. The molecule has 1 aliphatic heterocycles. The van der Waals surface area contributed by atoms with Crippen molar-refractivity contribution in [1.82, 2.24) is 4.90 Å². The molecule has 2 aromatic carbocycles. The van der Waals surface area contributed by atoms with Gasteiger partial charge >= 0.3 is 0 Å². The van der Waals surface area contributed by atoms with Gasteiger partial charge in [0.25, 0.3) is 0 Å². The van der Waals surface area contributed by atoms with E-state index >= 15 is 0 Å². The van der Waals surface area contributed by atoms with Crippen molar-refractivity contribution >= 4 is 17.4 Å². The van der Waals surface area contributed by atoms with Crippen LogP contribution in [-0.4, -0.2) is 48.9 Å². The Bertz CT molecular complexity index is 810. The zero-order chi connectivity index (χ0) is 20.1. The predicted molar refractivity (Wildman–Crippen MR) is 111 cm³/mol. The van der Waals surface area contributed by atoms with E-state index in [1.54, 1.807) is 31.4 Å². The molecule has 5 heteroatoms. The summed E-state index contributed by atoms with van der Waals surface area (Å²) in [6.45, 7) is 5.63. The monoisotopic (exact) mass is 380 g/mol. The van der Waals surface area contributed by atoms with Gasteiger partial charge in [0.05, 0.1) is 7.11 Å². The maximum absolute atomic E-state index is 12.7. The summed E-state index contributed by atoms with van der Waals surface area (Å²) in [6.07, 6.45) is 0.453. The predicted octanol–water partition coefficient (Wildman–Crippen LogP) is 3.78. The average molecular weight is 380 g/mol. The third-order valence-corrected chi connectivity index (χ3v) is 5.28. The van der Waals surface area contributed by atoms with Gasteiger partial charge in [0.2, 0.25) is 5.91 Å². The molecule has 0 N–H and O–H groups in total. The number of Topliss-reactive ketones (excluding diaryl/α,β-unsaturated/α-hetero) is 1. The summed E-state index contributed by atoms with van der Waals surface area (Å²) in [6, 6.07) is 17.8. The SMILES string of the molecule is COc1cccc(C(=O)CCC(=O)N2CC(C)N(c3ccccc3)C(C)C2)c1. The second-order valence-corrected chi connectivity index (χ2v) is 7.39. The van der Waals surface area contributed by atoms with Gasteiger partial charge in [0.1, 0.15) is 5.75 Å². The summed E-state index contributed by atoms with van der Waals surface area (Å²) in [7, 11) is 1.57. The summed E-state index contributed by atoms with van der Waals surface area (Å²) >= 11 is 0. The van der Waals surface area contributed by atoms with E-state index in [1.165, 1.54) is 5.69 Å². The number of ether oxygens (including phenoxy) is 1. The fourth-order valence-electron chi connectivity index (χ4n) is 3.95. The number of amides is 1. The van der Waals surface area contributed by atoms with Crippen LogP contribution in [0.25, 0.3) is 0 Å². The molecule has 148 valence electrons. The number of benzene rings is 2. The number of hydrogen-bond acceptors (Lipinski definition) is 4. The molecular weight excluding hydrogens is 352 g/mol. The van der Waals surface area contributed by atoms with Crippen molar-refractivity contribution < 1.29 is 14.3 Å². The Kier molecular flexibility index (Phi) is 6.34. The van der Waals surface area contributed by atoms with Gasteiger partial charge in [-0.05, 0) is 38.1 Å². The van der Waals surface area contributed by atoms with Gasteiger partial charge < -0.3 is 14.5 Å². The second kappa shape index (κ2) is 8.91. The number of para-hydroxylation sites is 1. The Morgan fingerprint density at radius 2 is 1.64 bits per heavy atom. The van der Waals surface area contributed by atoms with E-state index in [4.69, 9.17) is 4.74 Å². The number of piperazine rings is 1. The first-order valence-electron chi connectivity index (χ1n) is 9.78. The van der Waals surface area contributed by atoms with E-state index in [9.17, 15) is 9.59 Å².